The molecule has 26 heavy (non-hydrogen) atoms. The second-order valence-electron chi connectivity index (χ2n) is 8.64. The van der Waals surface area contributed by atoms with Crippen LogP contribution in [0.15, 0.2) is 36.4 Å². The van der Waals surface area contributed by atoms with Gasteiger partial charge in [-0.15, -0.1) is 0 Å². The highest BCUT2D eigenvalue weighted by molar-refractivity contribution is 6.74. The van der Waals surface area contributed by atoms with Gasteiger partial charge in [0.25, 0.3) is 0 Å². The first-order valence-corrected chi connectivity index (χ1v) is 12.0. The van der Waals surface area contributed by atoms with Crippen molar-refractivity contribution in [3.05, 3.63) is 47.5 Å². The van der Waals surface area contributed by atoms with Crippen molar-refractivity contribution in [2.45, 2.75) is 51.1 Å². The Morgan fingerprint density at radius 3 is 2.46 bits per heavy atom. The number of hydrogen-bond acceptors (Lipinski definition) is 3. The van der Waals surface area contributed by atoms with Gasteiger partial charge in [0.05, 0.1) is 19.8 Å². The molecule has 0 radical (unpaired) electrons. The van der Waals surface area contributed by atoms with E-state index >= 15 is 0 Å². The zero-order chi connectivity index (χ0) is 19.0. The largest absolute Gasteiger partial charge is 0.412 e. The van der Waals surface area contributed by atoms with E-state index < -0.39 is 13.9 Å². The predicted octanol–water partition coefficient (Wildman–Crippen LogP) is 4.47. The lowest BCUT2D eigenvalue weighted by molar-refractivity contribution is -0.140. The van der Waals surface area contributed by atoms with Crippen LogP contribution in [0.2, 0.25) is 18.1 Å². The Morgan fingerprint density at radius 2 is 1.85 bits per heavy atom. The maximum atomic E-state index is 10.2. The Morgan fingerprint density at radius 1 is 1.15 bits per heavy atom. The summed E-state index contributed by atoms with van der Waals surface area (Å²) in [4.78, 5) is 0. The van der Waals surface area contributed by atoms with Gasteiger partial charge >= 0.3 is 0 Å². The molecule has 4 heteroatoms. The van der Waals surface area contributed by atoms with Crippen molar-refractivity contribution in [2.24, 2.45) is 0 Å². The molecule has 1 heterocycles. The van der Waals surface area contributed by atoms with Crippen LogP contribution in [0.25, 0.3) is 10.8 Å². The Balaban J connectivity index is 1.99. The smallest absolute Gasteiger partial charge is 0.192 e. The molecule has 0 spiro atoms. The van der Waals surface area contributed by atoms with Crippen molar-refractivity contribution in [2.75, 3.05) is 13.2 Å². The Kier molecular flexibility index (Phi) is 5.02. The molecule has 0 bridgehead atoms. The Bertz CT molecular complexity index is 864. The van der Waals surface area contributed by atoms with E-state index in [1.165, 1.54) is 5.39 Å². The molecule has 0 saturated carbocycles. The number of ether oxygens (including phenoxy) is 1. The summed E-state index contributed by atoms with van der Waals surface area (Å²) in [7, 11) is -1.87. The van der Waals surface area contributed by atoms with Gasteiger partial charge in [0, 0.05) is 5.56 Å². The third-order valence-corrected chi connectivity index (χ3v) is 10.0. The summed E-state index contributed by atoms with van der Waals surface area (Å²) in [5.74, 6) is 6.16. The van der Waals surface area contributed by atoms with Crippen molar-refractivity contribution in [3.8, 4) is 11.8 Å². The number of rotatable bonds is 3. The molecule has 1 saturated heterocycles. The van der Waals surface area contributed by atoms with Crippen molar-refractivity contribution < 1.29 is 14.3 Å². The summed E-state index contributed by atoms with van der Waals surface area (Å²) >= 11 is 0. The first-order valence-electron chi connectivity index (χ1n) is 9.09. The minimum Gasteiger partial charge on any atom is -0.412 e. The fraction of sp³-hybridized carbons (Fsp3) is 0.455. The van der Waals surface area contributed by atoms with Crippen molar-refractivity contribution >= 4 is 19.1 Å². The molecule has 1 fully saturated rings. The van der Waals surface area contributed by atoms with Gasteiger partial charge in [0.1, 0.15) is 0 Å². The van der Waals surface area contributed by atoms with Gasteiger partial charge in [-0.1, -0.05) is 62.9 Å². The molecule has 3 rings (SSSR count). The van der Waals surface area contributed by atoms with Crippen LogP contribution in [-0.4, -0.2) is 32.2 Å². The summed E-state index contributed by atoms with van der Waals surface area (Å²) in [5.41, 5.74) is 1.01. The fourth-order valence-electron chi connectivity index (χ4n) is 2.63. The second kappa shape index (κ2) is 6.83. The molecule has 0 aromatic heterocycles. The quantitative estimate of drug-likeness (QED) is 0.641. The van der Waals surface area contributed by atoms with Crippen LogP contribution in [-0.2, 0) is 15.8 Å². The van der Waals surface area contributed by atoms with Gasteiger partial charge in [-0.25, -0.2) is 0 Å². The maximum absolute atomic E-state index is 10.2. The van der Waals surface area contributed by atoms with Crippen LogP contribution >= 0.6 is 0 Å². The molecule has 1 N–H and O–H groups in total. The van der Waals surface area contributed by atoms with E-state index in [1.54, 1.807) is 0 Å². The number of hydrogen-bond donors (Lipinski definition) is 1. The van der Waals surface area contributed by atoms with Crippen LogP contribution in [0.5, 0.6) is 0 Å². The van der Waals surface area contributed by atoms with E-state index in [9.17, 15) is 5.11 Å². The summed E-state index contributed by atoms with van der Waals surface area (Å²) < 4.78 is 11.6. The molecule has 2 aromatic carbocycles. The molecule has 0 amide bonds. The Labute approximate surface area is 157 Å². The summed E-state index contributed by atoms with van der Waals surface area (Å²) in [6.45, 7) is 12.4. The third kappa shape index (κ3) is 3.87. The molecule has 1 aliphatic rings. The van der Waals surface area contributed by atoms with Gasteiger partial charge in [-0.2, -0.15) is 0 Å². The highest BCUT2D eigenvalue weighted by Crippen LogP contribution is 2.37. The molecule has 0 unspecified atom stereocenters. The Hall–Kier alpha value is -1.64. The van der Waals surface area contributed by atoms with E-state index in [0.717, 1.165) is 16.5 Å². The maximum Gasteiger partial charge on any atom is 0.192 e. The van der Waals surface area contributed by atoms with E-state index in [-0.39, 0.29) is 18.3 Å². The summed E-state index contributed by atoms with van der Waals surface area (Å²) in [6.07, 6.45) is 0. The molecule has 1 aliphatic heterocycles. The minimum atomic E-state index is -1.87. The molecule has 3 nitrogen and oxygen atoms in total. The first-order chi connectivity index (χ1) is 12.1. The fourth-order valence-corrected chi connectivity index (χ4v) is 3.57. The molecule has 0 atom stereocenters. The number of aliphatic hydroxyl groups is 1. The van der Waals surface area contributed by atoms with Crippen molar-refractivity contribution in [1.29, 1.82) is 0 Å². The monoisotopic (exact) mass is 368 g/mol. The van der Waals surface area contributed by atoms with Crippen LogP contribution in [0.3, 0.4) is 0 Å². The molecule has 0 aliphatic carbocycles. The lowest BCUT2D eigenvalue weighted by Crippen LogP contribution is -2.48. The topological polar surface area (TPSA) is 38.7 Å². The first kappa shape index (κ1) is 19.1. The average molecular weight is 369 g/mol. The minimum absolute atomic E-state index is 0.155. The second-order valence-corrected chi connectivity index (χ2v) is 13.4. The van der Waals surface area contributed by atoms with Crippen molar-refractivity contribution in [3.63, 3.8) is 0 Å². The molecular weight excluding hydrogens is 340 g/mol. The molecule has 2 aromatic rings. The average Bonchev–Trinajstić information content (AvgIpc) is 2.55. The van der Waals surface area contributed by atoms with Gasteiger partial charge in [0.2, 0.25) is 0 Å². The van der Waals surface area contributed by atoms with Gasteiger partial charge < -0.3 is 14.3 Å². The van der Waals surface area contributed by atoms with E-state index in [4.69, 9.17) is 9.16 Å². The van der Waals surface area contributed by atoms with Crippen LogP contribution < -0.4 is 0 Å². The van der Waals surface area contributed by atoms with Crippen LogP contribution in [0, 0.1) is 11.8 Å². The summed E-state index contributed by atoms with van der Waals surface area (Å²) in [5, 5.41) is 12.7. The van der Waals surface area contributed by atoms with E-state index in [2.05, 4.69) is 63.9 Å². The highest BCUT2D eigenvalue weighted by Gasteiger charge is 2.37. The zero-order valence-corrected chi connectivity index (χ0v) is 17.3. The molecular formula is C22H28O3Si. The lowest BCUT2D eigenvalue weighted by Gasteiger charge is -2.36. The number of benzene rings is 2. The van der Waals surface area contributed by atoms with Crippen LogP contribution in [0.4, 0.5) is 0 Å². The predicted molar refractivity (Wildman–Crippen MR) is 109 cm³/mol. The number of fused-ring (bicyclic) bond motifs is 1. The SMILES string of the molecule is CC(C)(C)[Si](C)(C)OCc1c(C#CC2(O)COC2)ccc2ccccc12. The van der Waals surface area contributed by atoms with Crippen LogP contribution in [0.1, 0.15) is 31.9 Å². The van der Waals surface area contributed by atoms with Gasteiger partial charge in [0.15, 0.2) is 13.9 Å². The highest BCUT2D eigenvalue weighted by atomic mass is 28.4. The lowest BCUT2D eigenvalue weighted by atomic mass is 9.98. The standard InChI is InChI=1S/C22H28O3Si/c1-21(2,3)26(4,5)25-14-20-18(12-13-22(23)15-24-16-22)11-10-17-8-6-7-9-19(17)20/h6-11,23H,14-16H2,1-5H3. The van der Waals surface area contributed by atoms with Crippen molar-refractivity contribution in [1.82, 2.24) is 0 Å². The van der Waals surface area contributed by atoms with Gasteiger partial charge in [-0.05, 0) is 40.5 Å². The molecule has 138 valence electrons. The van der Waals surface area contributed by atoms with Gasteiger partial charge in [-0.3, -0.25) is 0 Å². The zero-order valence-electron chi connectivity index (χ0n) is 16.3. The van der Waals surface area contributed by atoms with E-state index in [0.29, 0.717) is 6.61 Å². The summed E-state index contributed by atoms with van der Waals surface area (Å²) in [6, 6.07) is 12.4. The van der Waals surface area contributed by atoms with E-state index in [1.807, 2.05) is 18.2 Å². The normalized spacial score (nSPS) is 16.7. The third-order valence-electron chi connectivity index (χ3n) is 5.54.